The fraction of sp³-hybridized carbons (Fsp3) is 0.429. The number of rotatable bonds is 2. The van der Waals surface area contributed by atoms with Crippen LogP contribution in [-0.2, 0) is 9.31 Å². The van der Waals surface area contributed by atoms with E-state index in [0.717, 1.165) is 11.3 Å². The van der Waals surface area contributed by atoms with Crippen LogP contribution >= 0.6 is 0 Å². The Balaban J connectivity index is 1.83. The highest BCUT2D eigenvalue weighted by Crippen LogP contribution is 2.36. The largest absolute Gasteiger partial charge is 0.496 e. The topological polar surface area (TPSA) is 49.2 Å². The summed E-state index contributed by atoms with van der Waals surface area (Å²) in [5.74, 6) is 0.773. The maximum absolute atomic E-state index is 6.00. The molecule has 6 heteroatoms. The van der Waals surface area contributed by atoms with E-state index >= 15 is 0 Å². The van der Waals surface area contributed by atoms with Crippen LogP contribution in [0.1, 0.15) is 27.7 Å². The van der Waals surface area contributed by atoms with Crippen LogP contribution in [0.25, 0.3) is 5.82 Å². The van der Waals surface area contributed by atoms with Crippen LogP contribution in [0, 0.1) is 0 Å². The van der Waals surface area contributed by atoms with Crippen LogP contribution in [0.4, 0.5) is 0 Å². The van der Waals surface area contributed by atoms with Gasteiger partial charge in [0.15, 0.2) is 5.82 Å². The molecule has 2 aromatic rings. The zero-order chi connectivity index (χ0) is 14.4. The third-order valence-corrected chi connectivity index (χ3v) is 4.04. The summed E-state index contributed by atoms with van der Waals surface area (Å²) in [6.45, 7) is 8.16. The minimum atomic E-state index is -0.376. The second kappa shape index (κ2) is 4.43. The SMILES string of the molecule is CC1(C)OB(c2ccc(-n3cccn3)nc2)OC1(C)C. The van der Waals surface area contributed by atoms with Gasteiger partial charge in [-0.3, -0.25) is 0 Å². The van der Waals surface area contributed by atoms with Crippen molar-refractivity contribution in [3.63, 3.8) is 0 Å². The van der Waals surface area contributed by atoms with Gasteiger partial charge in [0, 0.05) is 24.1 Å². The van der Waals surface area contributed by atoms with E-state index < -0.39 is 0 Å². The van der Waals surface area contributed by atoms with E-state index in [0.29, 0.717) is 0 Å². The van der Waals surface area contributed by atoms with Gasteiger partial charge in [-0.15, -0.1) is 0 Å². The molecule has 0 saturated carbocycles. The van der Waals surface area contributed by atoms with Gasteiger partial charge in [0.1, 0.15) is 0 Å². The second-order valence-corrected chi connectivity index (χ2v) is 5.99. The molecule has 0 aliphatic carbocycles. The molecule has 3 heterocycles. The van der Waals surface area contributed by atoms with Crippen molar-refractivity contribution in [1.82, 2.24) is 14.8 Å². The monoisotopic (exact) mass is 271 g/mol. The van der Waals surface area contributed by atoms with Gasteiger partial charge in [0.05, 0.1) is 11.2 Å². The average molecular weight is 271 g/mol. The van der Waals surface area contributed by atoms with Crippen LogP contribution in [0.2, 0.25) is 0 Å². The molecule has 104 valence electrons. The molecular formula is C14H18BN3O2. The lowest BCUT2D eigenvalue weighted by molar-refractivity contribution is 0.00578. The zero-order valence-corrected chi connectivity index (χ0v) is 12.2. The minimum Gasteiger partial charge on any atom is -0.399 e. The molecule has 0 amide bonds. The molecule has 0 bridgehead atoms. The van der Waals surface area contributed by atoms with Crippen LogP contribution in [0.15, 0.2) is 36.8 Å². The van der Waals surface area contributed by atoms with Crippen molar-refractivity contribution in [2.75, 3.05) is 0 Å². The van der Waals surface area contributed by atoms with Crippen LogP contribution in [0.5, 0.6) is 0 Å². The second-order valence-electron chi connectivity index (χ2n) is 5.99. The molecule has 2 aromatic heterocycles. The van der Waals surface area contributed by atoms with Crippen LogP contribution < -0.4 is 5.46 Å². The van der Waals surface area contributed by atoms with E-state index in [-0.39, 0.29) is 18.3 Å². The Kier molecular flexibility index (Phi) is 2.95. The molecule has 0 radical (unpaired) electrons. The standard InChI is InChI=1S/C14H18BN3O2/c1-13(2)14(3,4)20-15(19-13)11-6-7-12(16-10-11)18-9-5-8-17-18/h5-10H,1-4H3. The van der Waals surface area contributed by atoms with E-state index in [1.165, 1.54) is 0 Å². The molecule has 0 N–H and O–H groups in total. The molecule has 1 saturated heterocycles. The summed E-state index contributed by atoms with van der Waals surface area (Å²) in [7, 11) is -0.376. The lowest BCUT2D eigenvalue weighted by Crippen LogP contribution is -2.41. The first-order valence-corrected chi connectivity index (χ1v) is 6.71. The third kappa shape index (κ3) is 2.15. The van der Waals surface area contributed by atoms with E-state index in [4.69, 9.17) is 9.31 Å². The normalized spacial score (nSPS) is 20.3. The minimum absolute atomic E-state index is 0.335. The maximum Gasteiger partial charge on any atom is 0.496 e. The summed E-state index contributed by atoms with van der Waals surface area (Å²) in [5.41, 5.74) is 0.246. The quantitative estimate of drug-likeness (QED) is 0.778. The lowest BCUT2D eigenvalue weighted by atomic mass is 9.80. The molecular weight excluding hydrogens is 253 g/mol. The van der Waals surface area contributed by atoms with Gasteiger partial charge in [-0.2, -0.15) is 5.10 Å². The molecule has 0 unspecified atom stereocenters. The molecule has 0 atom stereocenters. The molecule has 5 nitrogen and oxygen atoms in total. The van der Waals surface area contributed by atoms with Gasteiger partial charge < -0.3 is 9.31 Å². The van der Waals surface area contributed by atoms with Crippen molar-refractivity contribution in [2.45, 2.75) is 38.9 Å². The van der Waals surface area contributed by atoms with Crippen molar-refractivity contribution in [2.24, 2.45) is 0 Å². The Morgan fingerprint density at radius 3 is 2.30 bits per heavy atom. The van der Waals surface area contributed by atoms with Crippen molar-refractivity contribution >= 4 is 12.6 Å². The molecule has 0 spiro atoms. The van der Waals surface area contributed by atoms with Gasteiger partial charge in [0.25, 0.3) is 0 Å². The number of pyridine rings is 1. The summed E-state index contributed by atoms with van der Waals surface area (Å²) in [4.78, 5) is 4.40. The molecule has 3 rings (SSSR count). The Labute approximate surface area is 119 Å². The molecule has 20 heavy (non-hydrogen) atoms. The molecule has 1 aliphatic rings. The van der Waals surface area contributed by atoms with Crippen molar-refractivity contribution in [3.05, 3.63) is 36.8 Å². The number of aromatic nitrogens is 3. The first-order chi connectivity index (χ1) is 9.39. The van der Waals surface area contributed by atoms with Gasteiger partial charge in [0.2, 0.25) is 0 Å². The number of nitrogens with zero attached hydrogens (tertiary/aromatic N) is 3. The first-order valence-electron chi connectivity index (χ1n) is 6.71. The average Bonchev–Trinajstić information content (AvgIpc) is 2.97. The maximum atomic E-state index is 6.00. The Morgan fingerprint density at radius 1 is 1.10 bits per heavy atom. The van der Waals surface area contributed by atoms with E-state index in [9.17, 15) is 0 Å². The summed E-state index contributed by atoms with van der Waals surface area (Å²) in [6.07, 6.45) is 5.36. The Morgan fingerprint density at radius 2 is 1.80 bits per heavy atom. The summed E-state index contributed by atoms with van der Waals surface area (Å²) in [6, 6.07) is 5.74. The highest BCUT2D eigenvalue weighted by Gasteiger charge is 2.51. The van der Waals surface area contributed by atoms with Gasteiger partial charge in [-0.05, 0) is 39.8 Å². The van der Waals surface area contributed by atoms with Crippen molar-refractivity contribution in [1.29, 1.82) is 0 Å². The van der Waals surface area contributed by atoms with Crippen LogP contribution in [0.3, 0.4) is 0 Å². The highest BCUT2D eigenvalue weighted by molar-refractivity contribution is 6.62. The molecule has 1 aliphatic heterocycles. The van der Waals surface area contributed by atoms with E-state index in [1.807, 2.05) is 52.1 Å². The van der Waals surface area contributed by atoms with Crippen molar-refractivity contribution in [3.8, 4) is 5.82 Å². The Bertz CT molecular complexity index is 577. The van der Waals surface area contributed by atoms with Gasteiger partial charge in [-0.25, -0.2) is 9.67 Å². The van der Waals surface area contributed by atoms with Gasteiger partial charge in [-0.1, -0.05) is 6.07 Å². The Hall–Kier alpha value is -1.66. The lowest BCUT2D eigenvalue weighted by Gasteiger charge is -2.32. The fourth-order valence-corrected chi connectivity index (χ4v) is 2.06. The third-order valence-electron chi connectivity index (χ3n) is 4.04. The summed E-state index contributed by atoms with van der Waals surface area (Å²) >= 11 is 0. The zero-order valence-electron chi connectivity index (χ0n) is 12.2. The number of hydrogen-bond donors (Lipinski definition) is 0. The number of hydrogen-bond acceptors (Lipinski definition) is 4. The van der Waals surface area contributed by atoms with Crippen molar-refractivity contribution < 1.29 is 9.31 Å². The van der Waals surface area contributed by atoms with Crippen LogP contribution in [-0.4, -0.2) is 33.1 Å². The fourth-order valence-electron chi connectivity index (χ4n) is 2.06. The predicted octanol–water partition coefficient (Wildman–Crippen LogP) is 1.57. The first kappa shape index (κ1) is 13.3. The summed E-state index contributed by atoms with van der Waals surface area (Å²) < 4.78 is 13.7. The summed E-state index contributed by atoms with van der Waals surface area (Å²) in [5, 5.41) is 4.15. The molecule has 1 fully saturated rings. The molecule has 0 aromatic carbocycles. The van der Waals surface area contributed by atoms with Gasteiger partial charge >= 0.3 is 7.12 Å². The van der Waals surface area contributed by atoms with E-state index in [1.54, 1.807) is 17.1 Å². The smallest absolute Gasteiger partial charge is 0.399 e. The highest BCUT2D eigenvalue weighted by atomic mass is 16.7. The predicted molar refractivity (Wildman–Crippen MR) is 77.1 cm³/mol. The van der Waals surface area contributed by atoms with E-state index in [2.05, 4.69) is 10.1 Å².